The SMILES string of the molecule is CC(NC(=O)CCNC1CC1)C1CCCC1. The van der Waals surface area contributed by atoms with Crippen molar-refractivity contribution >= 4 is 5.91 Å². The van der Waals surface area contributed by atoms with Crippen molar-refractivity contribution in [3.8, 4) is 0 Å². The summed E-state index contributed by atoms with van der Waals surface area (Å²) in [5.41, 5.74) is 0. The molecule has 3 heteroatoms. The van der Waals surface area contributed by atoms with E-state index in [2.05, 4.69) is 17.6 Å². The van der Waals surface area contributed by atoms with Gasteiger partial charge in [-0.2, -0.15) is 0 Å². The Morgan fingerprint density at radius 2 is 1.94 bits per heavy atom. The second-order valence-corrected chi connectivity index (χ2v) is 5.38. The van der Waals surface area contributed by atoms with E-state index < -0.39 is 0 Å². The molecule has 2 aliphatic rings. The predicted molar refractivity (Wildman–Crippen MR) is 65.2 cm³/mol. The number of carbonyl (C=O) groups is 1. The molecule has 0 aliphatic heterocycles. The van der Waals surface area contributed by atoms with Crippen molar-refractivity contribution in [2.45, 2.75) is 64.0 Å². The predicted octanol–water partition coefficient (Wildman–Crippen LogP) is 1.82. The Kier molecular flexibility index (Phi) is 4.22. The molecule has 1 atom stereocenters. The normalized spacial score (nSPS) is 23.3. The average molecular weight is 224 g/mol. The topological polar surface area (TPSA) is 41.1 Å². The van der Waals surface area contributed by atoms with Gasteiger partial charge in [-0.3, -0.25) is 4.79 Å². The molecule has 16 heavy (non-hydrogen) atoms. The van der Waals surface area contributed by atoms with Crippen LogP contribution in [0.1, 0.15) is 51.9 Å². The van der Waals surface area contributed by atoms with E-state index in [4.69, 9.17) is 0 Å². The average Bonchev–Trinajstić information content (AvgIpc) is 2.91. The van der Waals surface area contributed by atoms with E-state index in [0.717, 1.165) is 12.5 Å². The number of amides is 1. The molecule has 0 saturated heterocycles. The van der Waals surface area contributed by atoms with E-state index >= 15 is 0 Å². The molecular formula is C13H24N2O. The van der Waals surface area contributed by atoms with Gasteiger partial charge in [0.25, 0.3) is 0 Å². The van der Waals surface area contributed by atoms with Crippen LogP contribution in [0.3, 0.4) is 0 Å². The Balaban J connectivity index is 1.57. The van der Waals surface area contributed by atoms with E-state index in [-0.39, 0.29) is 5.91 Å². The van der Waals surface area contributed by atoms with Gasteiger partial charge in [-0.05, 0) is 38.5 Å². The maximum absolute atomic E-state index is 11.7. The molecule has 0 aromatic heterocycles. The molecule has 0 heterocycles. The molecule has 1 unspecified atom stereocenters. The van der Waals surface area contributed by atoms with Crippen LogP contribution in [0.5, 0.6) is 0 Å². The maximum Gasteiger partial charge on any atom is 0.221 e. The van der Waals surface area contributed by atoms with Gasteiger partial charge in [0.05, 0.1) is 0 Å². The quantitative estimate of drug-likeness (QED) is 0.722. The first-order valence-corrected chi connectivity index (χ1v) is 6.78. The lowest BCUT2D eigenvalue weighted by atomic mass is 10.00. The maximum atomic E-state index is 11.7. The van der Waals surface area contributed by atoms with Crippen LogP contribution in [0.2, 0.25) is 0 Å². The molecule has 1 amide bonds. The summed E-state index contributed by atoms with van der Waals surface area (Å²) in [5, 5.41) is 6.51. The van der Waals surface area contributed by atoms with Crippen molar-refractivity contribution in [3.63, 3.8) is 0 Å². The molecule has 92 valence electrons. The molecule has 2 rings (SSSR count). The molecule has 2 N–H and O–H groups in total. The van der Waals surface area contributed by atoms with Crippen molar-refractivity contribution in [2.24, 2.45) is 5.92 Å². The molecule has 0 bridgehead atoms. The lowest BCUT2D eigenvalue weighted by molar-refractivity contribution is -0.121. The van der Waals surface area contributed by atoms with Gasteiger partial charge in [0.2, 0.25) is 5.91 Å². The van der Waals surface area contributed by atoms with Gasteiger partial charge in [-0.25, -0.2) is 0 Å². The Bertz CT molecular complexity index is 232. The van der Waals surface area contributed by atoms with Crippen molar-refractivity contribution in [2.75, 3.05) is 6.54 Å². The Morgan fingerprint density at radius 3 is 2.56 bits per heavy atom. The molecule has 2 fully saturated rings. The highest BCUT2D eigenvalue weighted by Crippen LogP contribution is 2.27. The van der Waals surface area contributed by atoms with Crippen molar-refractivity contribution in [3.05, 3.63) is 0 Å². The lowest BCUT2D eigenvalue weighted by Gasteiger charge is -2.20. The number of nitrogens with one attached hydrogen (secondary N) is 2. The number of carbonyl (C=O) groups excluding carboxylic acids is 1. The van der Waals surface area contributed by atoms with Gasteiger partial charge < -0.3 is 10.6 Å². The molecule has 0 aromatic rings. The molecule has 0 aromatic carbocycles. The highest BCUT2D eigenvalue weighted by molar-refractivity contribution is 5.76. The van der Waals surface area contributed by atoms with Crippen LogP contribution in [-0.2, 0) is 4.79 Å². The molecule has 2 saturated carbocycles. The number of hydrogen-bond acceptors (Lipinski definition) is 2. The zero-order valence-corrected chi connectivity index (χ0v) is 10.3. The summed E-state index contributed by atoms with van der Waals surface area (Å²) in [6.07, 6.45) is 8.49. The number of hydrogen-bond donors (Lipinski definition) is 2. The highest BCUT2D eigenvalue weighted by Gasteiger charge is 2.23. The molecule has 0 spiro atoms. The van der Waals surface area contributed by atoms with Crippen LogP contribution in [-0.4, -0.2) is 24.5 Å². The Morgan fingerprint density at radius 1 is 1.25 bits per heavy atom. The van der Waals surface area contributed by atoms with Gasteiger partial charge in [0.1, 0.15) is 0 Å². The lowest BCUT2D eigenvalue weighted by Crippen LogP contribution is -2.38. The Labute approximate surface area is 98.4 Å². The largest absolute Gasteiger partial charge is 0.353 e. The van der Waals surface area contributed by atoms with Gasteiger partial charge >= 0.3 is 0 Å². The third-order valence-corrected chi connectivity index (χ3v) is 3.86. The van der Waals surface area contributed by atoms with E-state index in [9.17, 15) is 4.79 Å². The molecule has 3 nitrogen and oxygen atoms in total. The first-order chi connectivity index (χ1) is 7.75. The zero-order chi connectivity index (χ0) is 11.4. The summed E-state index contributed by atoms with van der Waals surface area (Å²) in [6, 6.07) is 1.08. The summed E-state index contributed by atoms with van der Waals surface area (Å²) in [4.78, 5) is 11.7. The van der Waals surface area contributed by atoms with Gasteiger partial charge in [0.15, 0.2) is 0 Å². The van der Waals surface area contributed by atoms with Gasteiger partial charge in [0, 0.05) is 25.0 Å². The van der Waals surface area contributed by atoms with Crippen molar-refractivity contribution in [1.29, 1.82) is 0 Å². The van der Waals surface area contributed by atoms with Gasteiger partial charge in [-0.1, -0.05) is 12.8 Å². The van der Waals surface area contributed by atoms with E-state index in [1.165, 1.54) is 38.5 Å². The highest BCUT2D eigenvalue weighted by atomic mass is 16.1. The van der Waals surface area contributed by atoms with Crippen LogP contribution >= 0.6 is 0 Å². The third-order valence-electron chi connectivity index (χ3n) is 3.86. The van der Waals surface area contributed by atoms with E-state index in [1.54, 1.807) is 0 Å². The smallest absolute Gasteiger partial charge is 0.221 e. The standard InChI is InChI=1S/C13H24N2O/c1-10(11-4-2-3-5-11)15-13(16)8-9-14-12-6-7-12/h10-12,14H,2-9H2,1H3,(H,15,16). The minimum Gasteiger partial charge on any atom is -0.353 e. The molecule has 0 radical (unpaired) electrons. The van der Waals surface area contributed by atoms with Crippen LogP contribution in [0.25, 0.3) is 0 Å². The minimum absolute atomic E-state index is 0.215. The summed E-state index contributed by atoms with van der Waals surface area (Å²) in [5.74, 6) is 0.938. The fourth-order valence-corrected chi connectivity index (χ4v) is 2.58. The second-order valence-electron chi connectivity index (χ2n) is 5.38. The zero-order valence-electron chi connectivity index (χ0n) is 10.3. The van der Waals surface area contributed by atoms with Crippen LogP contribution in [0, 0.1) is 5.92 Å². The Hall–Kier alpha value is -0.570. The summed E-state index contributed by atoms with van der Waals surface area (Å²) >= 11 is 0. The summed E-state index contributed by atoms with van der Waals surface area (Å²) in [7, 11) is 0. The van der Waals surface area contributed by atoms with Crippen LogP contribution < -0.4 is 10.6 Å². The fraction of sp³-hybridized carbons (Fsp3) is 0.923. The van der Waals surface area contributed by atoms with Crippen LogP contribution in [0.4, 0.5) is 0 Å². The van der Waals surface area contributed by atoms with Gasteiger partial charge in [-0.15, -0.1) is 0 Å². The van der Waals surface area contributed by atoms with Crippen molar-refractivity contribution in [1.82, 2.24) is 10.6 Å². The van der Waals surface area contributed by atoms with E-state index in [1.807, 2.05) is 0 Å². The third kappa shape index (κ3) is 3.78. The second kappa shape index (κ2) is 5.67. The summed E-state index contributed by atoms with van der Waals surface area (Å²) < 4.78 is 0. The fourth-order valence-electron chi connectivity index (χ4n) is 2.58. The van der Waals surface area contributed by atoms with Crippen molar-refractivity contribution < 1.29 is 4.79 Å². The first-order valence-electron chi connectivity index (χ1n) is 6.78. The first kappa shape index (κ1) is 11.9. The van der Waals surface area contributed by atoms with Crippen LogP contribution in [0.15, 0.2) is 0 Å². The molecule has 2 aliphatic carbocycles. The number of rotatable bonds is 6. The summed E-state index contributed by atoms with van der Waals surface area (Å²) in [6.45, 7) is 3.00. The minimum atomic E-state index is 0.215. The van der Waals surface area contributed by atoms with E-state index in [0.29, 0.717) is 18.5 Å². The molecular weight excluding hydrogens is 200 g/mol. The monoisotopic (exact) mass is 224 g/mol.